The molecule has 0 radical (unpaired) electrons. The molecule has 1 heterocycles. The van der Waals surface area contributed by atoms with E-state index in [1.807, 2.05) is 18.5 Å². The van der Waals surface area contributed by atoms with Crippen molar-refractivity contribution < 1.29 is 0 Å². The monoisotopic (exact) mass is 176 g/mol. The molecule has 0 spiro atoms. The first kappa shape index (κ1) is 9.12. The molecular weight excluding hydrogens is 168 g/mol. The average molecular weight is 176 g/mol. The summed E-state index contributed by atoms with van der Waals surface area (Å²) in [5.41, 5.74) is 2.69. The molecule has 6 heteroatoms. The number of rotatable bonds is 0. The van der Waals surface area contributed by atoms with Crippen molar-refractivity contribution >= 4 is 0 Å². The third kappa shape index (κ3) is 1.61. The molecule has 1 N–H and O–H groups in total. The summed E-state index contributed by atoms with van der Waals surface area (Å²) in [6, 6.07) is 1.45. The molecule has 0 saturated carbocycles. The summed E-state index contributed by atoms with van der Waals surface area (Å²) in [5, 5.41) is 27.2. The standard InChI is InChI=1S/C7H8N6/c1-6-12(4-9)3-7(2-8)11-13(6)5-10/h6-7,11H,3H2,1H3. The third-order valence-electron chi connectivity index (χ3n) is 1.89. The van der Waals surface area contributed by atoms with Gasteiger partial charge in [0.1, 0.15) is 12.2 Å². The van der Waals surface area contributed by atoms with Crippen LogP contribution in [-0.4, -0.2) is 28.7 Å². The highest BCUT2D eigenvalue weighted by Crippen LogP contribution is 2.08. The first-order valence-electron chi connectivity index (χ1n) is 3.74. The van der Waals surface area contributed by atoms with E-state index in [2.05, 4.69) is 5.43 Å². The molecule has 13 heavy (non-hydrogen) atoms. The van der Waals surface area contributed by atoms with E-state index in [0.717, 1.165) is 0 Å². The largest absolute Gasteiger partial charge is 0.285 e. The Bertz CT molecular complexity index is 280. The van der Waals surface area contributed by atoms with E-state index in [4.69, 9.17) is 15.8 Å². The van der Waals surface area contributed by atoms with E-state index in [1.165, 1.54) is 9.91 Å². The quantitative estimate of drug-likeness (QED) is 0.491. The van der Waals surface area contributed by atoms with E-state index in [1.54, 1.807) is 6.92 Å². The lowest BCUT2D eigenvalue weighted by Gasteiger charge is -2.37. The summed E-state index contributed by atoms with van der Waals surface area (Å²) in [5.74, 6) is 0. The average Bonchev–Trinajstić information content (AvgIpc) is 2.18. The van der Waals surface area contributed by atoms with Gasteiger partial charge in [0.05, 0.1) is 12.6 Å². The molecule has 0 aromatic heterocycles. The molecule has 2 unspecified atom stereocenters. The molecule has 0 bridgehead atoms. The second-order valence-electron chi connectivity index (χ2n) is 2.67. The maximum absolute atomic E-state index is 8.69. The predicted octanol–water partition coefficient (Wildman–Crippen LogP) is -0.691. The second kappa shape index (κ2) is 3.62. The minimum absolute atomic E-state index is 0.312. The van der Waals surface area contributed by atoms with E-state index >= 15 is 0 Å². The molecule has 2 atom stereocenters. The van der Waals surface area contributed by atoms with Crippen molar-refractivity contribution in [3.05, 3.63) is 0 Å². The number of hydrazine groups is 1. The van der Waals surface area contributed by atoms with Crippen molar-refractivity contribution in [1.82, 2.24) is 15.3 Å². The van der Waals surface area contributed by atoms with Crippen LogP contribution in [0.5, 0.6) is 0 Å². The Morgan fingerprint density at radius 3 is 2.46 bits per heavy atom. The zero-order valence-corrected chi connectivity index (χ0v) is 7.10. The van der Waals surface area contributed by atoms with Gasteiger partial charge >= 0.3 is 0 Å². The zero-order valence-electron chi connectivity index (χ0n) is 7.10. The number of nitrogens with zero attached hydrogens (tertiary/aromatic N) is 5. The van der Waals surface area contributed by atoms with Crippen molar-refractivity contribution in [2.24, 2.45) is 0 Å². The first-order valence-corrected chi connectivity index (χ1v) is 3.74. The zero-order chi connectivity index (χ0) is 9.84. The van der Waals surface area contributed by atoms with E-state index in [9.17, 15) is 0 Å². The summed E-state index contributed by atoms with van der Waals surface area (Å²) >= 11 is 0. The van der Waals surface area contributed by atoms with Gasteiger partial charge in [0.2, 0.25) is 0 Å². The predicted molar refractivity (Wildman–Crippen MR) is 41.8 cm³/mol. The number of nitriles is 3. The number of nitrogens with one attached hydrogen (secondary N) is 1. The summed E-state index contributed by atoms with van der Waals surface area (Å²) in [4.78, 5) is 1.38. The van der Waals surface area contributed by atoms with Crippen LogP contribution in [0.15, 0.2) is 0 Å². The highest BCUT2D eigenvalue weighted by Gasteiger charge is 2.29. The van der Waals surface area contributed by atoms with Crippen LogP contribution in [0.25, 0.3) is 0 Å². The normalized spacial score (nSPS) is 27.2. The maximum atomic E-state index is 8.69. The van der Waals surface area contributed by atoms with E-state index in [0.29, 0.717) is 6.54 Å². The van der Waals surface area contributed by atoms with Crippen molar-refractivity contribution in [3.63, 3.8) is 0 Å². The van der Waals surface area contributed by atoms with Crippen molar-refractivity contribution in [2.45, 2.75) is 19.1 Å². The molecule has 0 aliphatic carbocycles. The van der Waals surface area contributed by atoms with Crippen molar-refractivity contribution in [3.8, 4) is 18.5 Å². The summed E-state index contributed by atoms with van der Waals surface area (Å²) in [6.07, 6.45) is 3.46. The lowest BCUT2D eigenvalue weighted by Crippen LogP contribution is -2.60. The lowest BCUT2D eigenvalue weighted by atomic mass is 10.2. The fraction of sp³-hybridized carbons (Fsp3) is 0.571. The van der Waals surface area contributed by atoms with Crippen LogP contribution in [0.4, 0.5) is 0 Å². The minimum Gasteiger partial charge on any atom is -0.285 e. The van der Waals surface area contributed by atoms with Crippen LogP contribution in [-0.2, 0) is 0 Å². The SMILES string of the molecule is CC1N(C#N)CC(C#N)NN1C#N. The van der Waals surface area contributed by atoms with Gasteiger partial charge in [-0.25, -0.2) is 10.4 Å². The van der Waals surface area contributed by atoms with Gasteiger partial charge in [0.25, 0.3) is 0 Å². The maximum Gasteiger partial charge on any atom is 0.197 e. The van der Waals surface area contributed by atoms with E-state index in [-0.39, 0.29) is 6.17 Å². The van der Waals surface area contributed by atoms with Gasteiger partial charge in [-0.1, -0.05) is 0 Å². The van der Waals surface area contributed by atoms with Crippen molar-refractivity contribution in [2.75, 3.05) is 6.54 Å². The van der Waals surface area contributed by atoms with Gasteiger partial charge in [-0.05, 0) is 6.92 Å². The van der Waals surface area contributed by atoms with Gasteiger partial charge in [0, 0.05) is 0 Å². The Hall–Kier alpha value is -1.97. The van der Waals surface area contributed by atoms with E-state index < -0.39 is 6.04 Å². The molecule has 0 aromatic carbocycles. The Labute approximate surface area is 76.1 Å². The third-order valence-corrected chi connectivity index (χ3v) is 1.89. The highest BCUT2D eigenvalue weighted by atomic mass is 15.6. The van der Waals surface area contributed by atoms with Gasteiger partial charge in [-0.3, -0.25) is 4.90 Å². The molecule has 1 saturated heterocycles. The van der Waals surface area contributed by atoms with Crippen LogP contribution in [0.3, 0.4) is 0 Å². The summed E-state index contributed by atoms with van der Waals surface area (Å²) < 4.78 is 0. The molecule has 1 fully saturated rings. The van der Waals surface area contributed by atoms with Crippen LogP contribution in [0.1, 0.15) is 6.92 Å². The van der Waals surface area contributed by atoms with Gasteiger partial charge in [0.15, 0.2) is 12.4 Å². The van der Waals surface area contributed by atoms with Crippen LogP contribution >= 0.6 is 0 Å². The fourth-order valence-corrected chi connectivity index (χ4v) is 1.11. The molecule has 0 aromatic rings. The Balaban J connectivity index is 2.78. The number of hydrogen-bond donors (Lipinski definition) is 1. The molecule has 6 nitrogen and oxygen atoms in total. The summed E-state index contributed by atoms with van der Waals surface area (Å²) in [7, 11) is 0. The molecule has 1 aliphatic rings. The molecule has 1 rings (SSSR count). The molecule has 1 aliphatic heterocycles. The number of hydrogen-bond acceptors (Lipinski definition) is 6. The topological polar surface area (TPSA) is 89.9 Å². The first-order chi connectivity index (χ1) is 6.22. The second-order valence-corrected chi connectivity index (χ2v) is 2.67. The summed E-state index contributed by atoms with van der Waals surface area (Å²) in [6.45, 7) is 2.03. The van der Waals surface area contributed by atoms with Crippen molar-refractivity contribution in [1.29, 1.82) is 15.8 Å². The van der Waals surface area contributed by atoms with Crippen LogP contribution in [0, 0.1) is 34.2 Å². The minimum atomic E-state index is -0.504. The Morgan fingerprint density at radius 2 is 2.00 bits per heavy atom. The fourth-order valence-electron chi connectivity index (χ4n) is 1.11. The Kier molecular flexibility index (Phi) is 2.54. The van der Waals surface area contributed by atoms with Gasteiger partial charge in [-0.2, -0.15) is 15.8 Å². The van der Waals surface area contributed by atoms with Crippen LogP contribution in [0.2, 0.25) is 0 Å². The highest BCUT2D eigenvalue weighted by molar-refractivity contribution is 5.00. The van der Waals surface area contributed by atoms with Gasteiger partial charge in [-0.15, -0.1) is 0 Å². The van der Waals surface area contributed by atoms with Gasteiger partial charge < -0.3 is 0 Å². The molecule has 66 valence electrons. The molecule has 0 amide bonds. The smallest absolute Gasteiger partial charge is 0.197 e. The van der Waals surface area contributed by atoms with Crippen LogP contribution < -0.4 is 5.43 Å². The molecular formula is C7H8N6. The Morgan fingerprint density at radius 1 is 1.31 bits per heavy atom. The lowest BCUT2D eigenvalue weighted by molar-refractivity contribution is 0.0430.